The van der Waals surface area contributed by atoms with E-state index in [1.54, 1.807) is 23.1 Å². The molecule has 1 aliphatic carbocycles. The van der Waals surface area contributed by atoms with Gasteiger partial charge in [0, 0.05) is 36.0 Å². The standard InChI is InChI=1S/C28H30N6O3S/c1-18-13-20(4-7-23(18)28(35)32-21-5-6-21)25-17-31-27-24(30-15-19-8-11-38(36)12-9-19)14-26(33-34(25)27)37-22-3-2-10-29-16-22/h2-4,7,10,13-14,16-17,19,21,30H,5-6,8-9,11-12,15H2,1H3,(H,32,35)/t19-,38-. The molecule has 10 heteroatoms. The number of benzene rings is 1. The molecule has 0 unspecified atom stereocenters. The number of carbonyl (C=O) groups excluding carboxylic acids is 1. The topological polar surface area (TPSA) is 116 Å². The van der Waals surface area contributed by atoms with Gasteiger partial charge < -0.3 is 19.9 Å². The Balaban J connectivity index is 1.32. The van der Waals surface area contributed by atoms with Crippen LogP contribution in [0.4, 0.5) is 5.69 Å². The number of anilines is 1. The second kappa shape index (κ2) is 10.6. The van der Waals surface area contributed by atoms with E-state index in [2.05, 4.69) is 15.6 Å². The summed E-state index contributed by atoms with van der Waals surface area (Å²) in [6.07, 6.45) is 9.12. The van der Waals surface area contributed by atoms with Gasteiger partial charge >= 0.3 is 0 Å². The monoisotopic (exact) mass is 530 g/mol. The number of pyridine rings is 1. The second-order valence-corrected chi connectivity index (χ2v) is 11.7. The third kappa shape index (κ3) is 5.46. The van der Waals surface area contributed by atoms with E-state index in [0.717, 1.165) is 66.2 Å². The SMILES string of the molecule is Cc1cc(-c2cnc3c(NC[C@H]4CC[S@+]([O-])CC4)cc(Oc4cccnc4)nn23)ccc1C(=O)NC1CC1. The summed E-state index contributed by atoms with van der Waals surface area (Å²) in [5, 5.41) is 11.4. The highest BCUT2D eigenvalue weighted by Gasteiger charge is 2.25. The largest absolute Gasteiger partial charge is 0.616 e. The first-order valence-corrected chi connectivity index (χ1v) is 14.5. The van der Waals surface area contributed by atoms with Crippen molar-refractivity contribution in [2.24, 2.45) is 5.92 Å². The minimum absolute atomic E-state index is 0.0296. The molecule has 0 spiro atoms. The number of imidazole rings is 1. The molecule has 2 fully saturated rings. The number of carbonyl (C=O) groups is 1. The van der Waals surface area contributed by atoms with E-state index in [4.69, 9.17) is 14.8 Å². The fourth-order valence-electron chi connectivity index (χ4n) is 4.72. The maximum Gasteiger partial charge on any atom is 0.251 e. The predicted molar refractivity (Wildman–Crippen MR) is 147 cm³/mol. The molecule has 1 amide bonds. The van der Waals surface area contributed by atoms with Gasteiger partial charge in [0.1, 0.15) is 17.3 Å². The van der Waals surface area contributed by atoms with Crippen LogP contribution in [0.15, 0.2) is 55.0 Å². The van der Waals surface area contributed by atoms with Crippen LogP contribution in [0.1, 0.15) is 41.6 Å². The molecule has 9 nitrogen and oxygen atoms in total. The highest BCUT2D eigenvalue weighted by Crippen LogP contribution is 2.30. The lowest BCUT2D eigenvalue weighted by molar-refractivity contribution is 0.0950. The molecule has 2 N–H and O–H groups in total. The first kappa shape index (κ1) is 24.7. The number of aromatic nitrogens is 4. The van der Waals surface area contributed by atoms with Crippen molar-refractivity contribution in [1.29, 1.82) is 0 Å². The summed E-state index contributed by atoms with van der Waals surface area (Å²) < 4.78 is 19.6. The van der Waals surface area contributed by atoms with Gasteiger partial charge in [0.2, 0.25) is 5.88 Å². The molecule has 4 aromatic rings. The molecule has 4 heterocycles. The Morgan fingerprint density at radius 2 is 2.00 bits per heavy atom. The first-order chi connectivity index (χ1) is 18.5. The van der Waals surface area contributed by atoms with Gasteiger partial charge in [-0.1, -0.05) is 17.2 Å². The van der Waals surface area contributed by atoms with Crippen LogP contribution < -0.4 is 15.4 Å². The zero-order valence-corrected chi connectivity index (χ0v) is 22.0. The lowest BCUT2D eigenvalue weighted by atomic mass is 10.0. The highest BCUT2D eigenvalue weighted by molar-refractivity contribution is 7.91. The average molecular weight is 531 g/mol. The van der Waals surface area contributed by atoms with Crippen LogP contribution in [0.3, 0.4) is 0 Å². The van der Waals surface area contributed by atoms with Crippen LogP contribution in [0.2, 0.25) is 0 Å². The van der Waals surface area contributed by atoms with Crippen molar-refractivity contribution in [3.63, 3.8) is 0 Å². The smallest absolute Gasteiger partial charge is 0.251 e. The van der Waals surface area contributed by atoms with Crippen LogP contribution in [0, 0.1) is 12.8 Å². The van der Waals surface area contributed by atoms with E-state index < -0.39 is 11.2 Å². The number of amides is 1. The molecular weight excluding hydrogens is 500 g/mol. The van der Waals surface area contributed by atoms with E-state index in [9.17, 15) is 9.35 Å². The first-order valence-electron chi connectivity index (χ1n) is 13.0. The summed E-state index contributed by atoms with van der Waals surface area (Å²) in [5.41, 5.74) is 4.78. The maximum absolute atomic E-state index is 12.6. The van der Waals surface area contributed by atoms with Gasteiger partial charge in [-0.3, -0.25) is 9.78 Å². The Hall–Kier alpha value is -3.63. The van der Waals surface area contributed by atoms with Crippen LogP contribution in [0.5, 0.6) is 11.6 Å². The fourth-order valence-corrected chi connectivity index (χ4v) is 6.12. The van der Waals surface area contributed by atoms with Crippen LogP contribution in [0.25, 0.3) is 16.9 Å². The molecule has 0 bridgehead atoms. The summed E-state index contributed by atoms with van der Waals surface area (Å²) >= 11 is -0.688. The summed E-state index contributed by atoms with van der Waals surface area (Å²) in [6.45, 7) is 2.71. The van der Waals surface area contributed by atoms with Crippen molar-refractivity contribution < 1.29 is 14.1 Å². The number of rotatable bonds is 8. The van der Waals surface area contributed by atoms with Gasteiger partial charge in [-0.25, -0.2) is 9.50 Å². The lowest BCUT2D eigenvalue weighted by Crippen LogP contribution is -2.27. The molecule has 1 saturated heterocycles. The zero-order chi connectivity index (χ0) is 26.1. The second-order valence-electron chi connectivity index (χ2n) is 10.0. The van der Waals surface area contributed by atoms with Crippen molar-refractivity contribution in [2.45, 2.75) is 38.6 Å². The Kier molecular flexibility index (Phi) is 6.90. The Labute approximate surface area is 224 Å². The van der Waals surface area contributed by atoms with E-state index >= 15 is 0 Å². The van der Waals surface area contributed by atoms with E-state index in [-0.39, 0.29) is 5.91 Å². The number of nitrogens with zero attached hydrogens (tertiary/aromatic N) is 4. The van der Waals surface area contributed by atoms with Crippen molar-refractivity contribution in [1.82, 2.24) is 24.9 Å². The molecule has 0 radical (unpaired) electrons. The molecule has 6 rings (SSSR count). The number of hydrogen-bond donors (Lipinski definition) is 2. The maximum atomic E-state index is 12.6. The van der Waals surface area contributed by atoms with Crippen molar-refractivity contribution >= 4 is 28.4 Å². The molecule has 38 heavy (non-hydrogen) atoms. The van der Waals surface area contributed by atoms with Crippen molar-refractivity contribution in [3.05, 3.63) is 66.1 Å². The molecule has 3 aromatic heterocycles. The van der Waals surface area contributed by atoms with Crippen LogP contribution >= 0.6 is 0 Å². The van der Waals surface area contributed by atoms with Gasteiger partial charge in [-0.2, -0.15) is 0 Å². The molecule has 1 aromatic carbocycles. The quantitative estimate of drug-likeness (QED) is 0.325. The average Bonchev–Trinajstić information content (AvgIpc) is 3.63. The Morgan fingerprint density at radius 1 is 1.16 bits per heavy atom. The van der Waals surface area contributed by atoms with Crippen LogP contribution in [-0.2, 0) is 11.2 Å². The number of ether oxygens (including phenoxy) is 1. The molecule has 1 saturated carbocycles. The van der Waals surface area contributed by atoms with Crippen molar-refractivity contribution in [3.8, 4) is 22.9 Å². The summed E-state index contributed by atoms with van der Waals surface area (Å²) in [5.74, 6) is 2.94. The molecule has 2 aliphatic rings. The van der Waals surface area contributed by atoms with E-state index in [0.29, 0.717) is 34.8 Å². The molecule has 0 atom stereocenters. The van der Waals surface area contributed by atoms with Gasteiger partial charge in [0.05, 0.1) is 23.8 Å². The number of hydrogen-bond acceptors (Lipinski definition) is 7. The normalized spacial score (nSPS) is 19.3. The summed E-state index contributed by atoms with van der Waals surface area (Å²) in [4.78, 5) is 21.5. The Morgan fingerprint density at radius 3 is 2.74 bits per heavy atom. The van der Waals surface area contributed by atoms with Crippen molar-refractivity contribution in [2.75, 3.05) is 23.4 Å². The molecular formula is C28H30N6O3S. The van der Waals surface area contributed by atoms with Crippen LogP contribution in [-0.4, -0.2) is 54.1 Å². The van der Waals surface area contributed by atoms with E-state index in [1.165, 1.54) is 0 Å². The number of fused-ring (bicyclic) bond motifs is 1. The van der Waals surface area contributed by atoms with Gasteiger partial charge in [0.15, 0.2) is 5.65 Å². The summed E-state index contributed by atoms with van der Waals surface area (Å²) in [6, 6.07) is 11.6. The predicted octanol–water partition coefficient (Wildman–Crippen LogP) is 4.35. The molecule has 196 valence electrons. The molecule has 1 aliphatic heterocycles. The van der Waals surface area contributed by atoms with E-state index in [1.807, 2.05) is 43.3 Å². The minimum atomic E-state index is -0.688. The number of aryl methyl sites for hydroxylation is 1. The van der Waals surface area contributed by atoms with Gasteiger partial charge in [-0.15, -0.1) is 5.10 Å². The third-order valence-corrected chi connectivity index (χ3v) is 8.45. The number of nitrogens with one attached hydrogen (secondary N) is 2. The Bertz CT molecular complexity index is 1450. The summed E-state index contributed by atoms with van der Waals surface area (Å²) in [7, 11) is 0. The fraction of sp³-hybridized carbons (Fsp3) is 0.357. The zero-order valence-electron chi connectivity index (χ0n) is 21.2. The minimum Gasteiger partial charge on any atom is -0.616 e. The third-order valence-electron chi connectivity index (χ3n) is 7.07. The van der Waals surface area contributed by atoms with Gasteiger partial charge in [0.25, 0.3) is 5.91 Å². The van der Waals surface area contributed by atoms with Gasteiger partial charge in [-0.05, 0) is 68.4 Å². The lowest BCUT2D eigenvalue weighted by Gasteiger charge is -2.24. The highest BCUT2D eigenvalue weighted by atomic mass is 32.2.